The van der Waals surface area contributed by atoms with Crippen molar-refractivity contribution in [3.8, 4) is 0 Å². The van der Waals surface area contributed by atoms with Gasteiger partial charge in [-0.2, -0.15) is 11.3 Å². The van der Waals surface area contributed by atoms with E-state index in [0.717, 1.165) is 37.9 Å². The van der Waals surface area contributed by atoms with Crippen LogP contribution in [0.5, 0.6) is 0 Å². The lowest BCUT2D eigenvalue weighted by atomic mass is 10.0. The Morgan fingerprint density at radius 2 is 2.09 bits per heavy atom. The lowest BCUT2D eigenvalue weighted by Gasteiger charge is -2.40. The minimum Gasteiger partial charge on any atom is -0.352 e. The van der Waals surface area contributed by atoms with E-state index >= 15 is 0 Å². The summed E-state index contributed by atoms with van der Waals surface area (Å²) in [6, 6.07) is 3.88. The average molecular weight is 529 g/mol. The van der Waals surface area contributed by atoms with E-state index < -0.39 is 0 Å². The monoisotopic (exact) mass is 527 g/mol. The van der Waals surface area contributed by atoms with Crippen molar-refractivity contribution in [1.82, 2.24) is 25.6 Å². The highest BCUT2D eigenvalue weighted by atomic mass is 35.5. The number of nitrogens with one attached hydrogen (secondary N) is 2. The minimum absolute atomic E-state index is 0.113. The summed E-state index contributed by atoms with van der Waals surface area (Å²) in [5.74, 6) is -0.245. The molecule has 11 heteroatoms. The lowest BCUT2D eigenvalue weighted by molar-refractivity contribution is 0.0565. The zero-order chi connectivity index (χ0) is 24.7. The first kappa shape index (κ1) is 26.7. The number of rotatable bonds is 9. The Morgan fingerprint density at radius 3 is 2.71 bits per heavy atom. The number of pyridine rings is 1. The maximum Gasteiger partial charge on any atom is 0.341 e. The summed E-state index contributed by atoms with van der Waals surface area (Å²) >= 11 is 13.6. The van der Waals surface area contributed by atoms with E-state index in [9.17, 15) is 9.59 Å². The van der Waals surface area contributed by atoms with Crippen LogP contribution in [0.4, 0.5) is 4.79 Å². The molecule has 1 aliphatic rings. The van der Waals surface area contributed by atoms with Crippen LogP contribution in [0, 0.1) is 6.92 Å². The number of hydroxylamine groups is 1. The molecule has 0 bridgehead atoms. The van der Waals surface area contributed by atoms with Crippen molar-refractivity contribution in [2.75, 3.05) is 26.7 Å². The molecule has 1 aliphatic heterocycles. The number of aryl methyl sites for hydroxylation is 1. The molecule has 1 saturated heterocycles. The Kier molecular flexibility index (Phi) is 9.97. The lowest BCUT2D eigenvalue weighted by Crippen LogP contribution is -2.51. The first-order chi connectivity index (χ1) is 16.3. The number of halogens is 2. The molecule has 0 aliphatic carbocycles. The van der Waals surface area contributed by atoms with Crippen LogP contribution in [-0.2, 0) is 11.4 Å². The summed E-state index contributed by atoms with van der Waals surface area (Å²) in [5, 5.41) is 7.41. The summed E-state index contributed by atoms with van der Waals surface area (Å²) in [7, 11) is 1.45. The molecular weight excluding hydrogens is 497 g/mol. The van der Waals surface area contributed by atoms with E-state index in [1.165, 1.54) is 7.11 Å². The summed E-state index contributed by atoms with van der Waals surface area (Å²) in [4.78, 5) is 38.3. The summed E-state index contributed by atoms with van der Waals surface area (Å²) < 4.78 is 0. The van der Waals surface area contributed by atoms with E-state index in [4.69, 9.17) is 28.0 Å². The van der Waals surface area contributed by atoms with Gasteiger partial charge in [0.2, 0.25) is 0 Å². The van der Waals surface area contributed by atoms with Gasteiger partial charge in [0.1, 0.15) is 10.3 Å². The fourth-order valence-corrected chi connectivity index (χ4v) is 5.54. The Balaban J connectivity index is 1.48. The maximum absolute atomic E-state index is 12.6. The van der Waals surface area contributed by atoms with Crippen molar-refractivity contribution in [3.05, 3.63) is 49.9 Å². The van der Waals surface area contributed by atoms with Gasteiger partial charge < -0.3 is 15.1 Å². The van der Waals surface area contributed by atoms with Gasteiger partial charge in [0.05, 0.1) is 12.7 Å². The van der Waals surface area contributed by atoms with Gasteiger partial charge in [0.25, 0.3) is 5.91 Å². The number of urea groups is 1. The number of carbonyl (C=O) groups is 2. The average Bonchev–Trinajstić information content (AvgIpc) is 3.30. The molecule has 3 amide bonds. The summed E-state index contributed by atoms with van der Waals surface area (Å²) in [6.07, 6.45) is 2.56. The molecule has 0 saturated carbocycles. The second-order valence-electron chi connectivity index (χ2n) is 8.46. The molecule has 186 valence electrons. The fourth-order valence-electron chi connectivity index (χ4n) is 4.26. The van der Waals surface area contributed by atoms with Gasteiger partial charge in [0.15, 0.2) is 0 Å². The van der Waals surface area contributed by atoms with Crippen LogP contribution < -0.4 is 10.8 Å². The zero-order valence-corrected chi connectivity index (χ0v) is 22.0. The van der Waals surface area contributed by atoms with Crippen LogP contribution in [0.1, 0.15) is 47.7 Å². The van der Waals surface area contributed by atoms with Gasteiger partial charge in [-0.25, -0.2) is 15.3 Å². The standard InChI is InChI=1S/C23H31Cl2N5O3S/c1-15-12-19(24)27-21(25)20(15)22(31)26-8-4-16(2)29-9-5-18(6-10-29)30(23(32)28-33-3)13-17-7-11-34-14-17/h7,11-12,14,16,18H,4-6,8-10,13H2,1-3H3,(H,26,31)(H,28,32). The highest BCUT2D eigenvalue weighted by molar-refractivity contribution is 7.07. The molecule has 1 fully saturated rings. The smallest absolute Gasteiger partial charge is 0.341 e. The third-order valence-corrected chi connectivity index (χ3v) is 7.36. The second-order valence-corrected chi connectivity index (χ2v) is 9.98. The Hall–Kier alpha value is -1.91. The normalized spacial score (nSPS) is 15.7. The number of nitrogens with zero attached hydrogens (tertiary/aromatic N) is 3. The van der Waals surface area contributed by atoms with Crippen LogP contribution in [0.25, 0.3) is 0 Å². The number of aromatic nitrogens is 1. The largest absolute Gasteiger partial charge is 0.352 e. The van der Waals surface area contributed by atoms with Gasteiger partial charge in [-0.15, -0.1) is 0 Å². The molecule has 2 aromatic heterocycles. The van der Waals surface area contributed by atoms with Gasteiger partial charge in [-0.3, -0.25) is 9.63 Å². The first-order valence-corrected chi connectivity index (χ1v) is 13.0. The molecule has 34 heavy (non-hydrogen) atoms. The number of piperidine rings is 1. The number of amides is 3. The van der Waals surface area contributed by atoms with Gasteiger partial charge >= 0.3 is 6.03 Å². The molecular formula is C23H31Cl2N5O3S. The predicted octanol–water partition coefficient (Wildman–Crippen LogP) is 4.50. The highest BCUT2D eigenvalue weighted by Crippen LogP contribution is 2.23. The molecule has 8 nitrogen and oxygen atoms in total. The molecule has 2 aromatic rings. The number of carbonyl (C=O) groups excluding carboxylic acids is 2. The SMILES string of the molecule is CONC(=O)N(Cc1ccsc1)C1CCN(C(C)CCNC(=O)c2c(C)cc(Cl)nc2Cl)CC1. The van der Waals surface area contributed by atoms with Crippen LogP contribution in [0.3, 0.4) is 0 Å². The summed E-state index contributed by atoms with van der Waals surface area (Å²) in [6.45, 7) is 6.80. The quantitative estimate of drug-likeness (QED) is 0.370. The van der Waals surface area contributed by atoms with Crippen molar-refractivity contribution in [2.24, 2.45) is 0 Å². The number of hydrogen-bond donors (Lipinski definition) is 2. The van der Waals surface area contributed by atoms with Gasteiger partial charge in [0, 0.05) is 38.3 Å². The van der Waals surface area contributed by atoms with Crippen LogP contribution in [-0.4, -0.2) is 65.5 Å². The van der Waals surface area contributed by atoms with E-state index in [1.807, 2.05) is 16.3 Å². The van der Waals surface area contributed by atoms with E-state index in [0.29, 0.717) is 30.3 Å². The van der Waals surface area contributed by atoms with E-state index in [1.54, 1.807) is 24.3 Å². The van der Waals surface area contributed by atoms with E-state index in [2.05, 4.69) is 33.0 Å². The van der Waals surface area contributed by atoms with Gasteiger partial charge in [-0.05, 0) is 67.1 Å². The Bertz CT molecular complexity index is 945. The van der Waals surface area contributed by atoms with Crippen LogP contribution >= 0.6 is 34.5 Å². The highest BCUT2D eigenvalue weighted by Gasteiger charge is 2.30. The first-order valence-electron chi connectivity index (χ1n) is 11.3. The summed E-state index contributed by atoms with van der Waals surface area (Å²) in [5.41, 5.74) is 4.64. The van der Waals surface area contributed by atoms with Crippen molar-refractivity contribution < 1.29 is 14.4 Å². The third-order valence-electron chi connectivity index (χ3n) is 6.16. The molecule has 3 rings (SSSR count). The number of likely N-dealkylation sites (tertiary alicyclic amines) is 1. The zero-order valence-electron chi connectivity index (χ0n) is 19.6. The fraction of sp³-hybridized carbons (Fsp3) is 0.522. The molecule has 2 N–H and O–H groups in total. The van der Waals surface area contributed by atoms with Crippen molar-refractivity contribution >= 4 is 46.5 Å². The molecule has 0 radical (unpaired) electrons. The van der Waals surface area contributed by atoms with Gasteiger partial charge in [-0.1, -0.05) is 23.2 Å². The Labute approximate surface area is 214 Å². The van der Waals surface area contributed by atoms with E-state index in [-0.39, 0.29) is 28.3 Å². The maximum atomic E-state index is 12.6. The molecule has 0 aromatic carbocycles. The number of thiophene rings is 1. The predicted molar refractivity (Wildman–Crippen MR) is 135 cm³/mol. The molecule has 1 unspecified atom stereocenters. The molecule has 3 heterocycles. The van der Waals surface area contributed by atoms with Crippen molar-refractivity contribution in [2.45, 2.75) is 51.7 Å². The topological polar surface area (TPSA) is 86.8 Å². The van der Waals surface area contributed by atoms with Crippen molar-refractivity contribution in [3.63, 3.8) is 0 Å². The van der Waals surface area contributed by atoms with Crippen LogP contribution in [0.15, 0.2) is 22.9 Å². The van der Waals surface area contributed by atoms with Crippen LogP contribution in [0.2, 0.25) is 10.3 Å². The minimum atomic E-state index is -0.245. The Morgan fingerprint density at radius 1 is 1.35 bits per heavy atom. The third kappa shape index (κ3) is 7.05. The second kappa shape index (κ2) is 12.7. The molecule has 0 spiro atoms. The molecule has 1 atom stereocenters. The van der Waals surface area contributed by atoms with Crippen molar-refractivity contribution in [1.29, 1.82) is 0 Å². The number of hydrogen-bond acceptors (Lipinski definition) is 6.